The first-order valence-corrected chi connectivity index (χ1v) is 6.35. The average molecular weight is 232 g/mol. The Labute approximate surface area is 95.9 Å². The van der Waals surface area contributed by atoms with Crippen LogP contribution in [0.1, 0.15) is 27.2 Å². The lowest BCUT2D eigenvalue weighted by atomic mass is 10.1. The van der Waals surface area contributed by atoms with E-state index in [1.807, 2.05) is 18.7 Å². The molecule has 0 N–H and O–H groups in total. The Morgan fingerprint density at radius 3 is 2.67 bits per heavy atom. The van der Waals surface area contributed by atoms with Gasteiger partial charge in [0.1, 0.15) is 0 Å². The standard InChI is InChI=1S/C11H20O3S/c1-7(11(12)13-4)9(3)15-10-5-6-14-8(10)2/h7-10H,5-6H2,1-4H3. The zero-order valence-electron chi connectivity index (χ0n) is 9.86. The second kappa shape index (κ2) is 5.75. The van der Waals surface area contributed by atoms with Gasteiger partial charge < -0.3 is 9.47 Å². The van der Waals surface area contributed by atoms with E-state index >= 15 is 0 Å². The van der Waals surface area contributed by atoms with Crippen LogP contribution >= 0.6 is 11.8 Å². The van der Waals surface area contributed by atoms with Gasteiger partial charge >= 0.3 is 5.97 Å². The van der Waals surface area contributed by atoms with Gasteiger partial charge in [0.25, 0.3) is 0 Å². The fourth-order valence-corrected chi connectivity index (χ4v) is 3.09. The fraction of sp³-hybridized carbons (Fsp3) is 0.909. The maximum atomic E-state index is 11.3. The Balaban J connectivity index is 2.40. The molecule has 0 spiro atoms. The monoisotopic (exact) mass is 232 g/mol. The number of hydrogen-bond acceptors (Lipinski definition) is 4. The summed E-state index contributed by atoms with van der Waals surface area (Å²) in [6, 6.07) is 0. The predicted molar refractivity (Wildman–Crippen MR) is 62.1 cm³/mol. The minimum Gasteiger partial charge on any atom is -0.469 e. The van der Waals surface area contributed by atoms with Crippen LogP contribution in [0.3, 0.4) is 0 Å². The maximum absolute atomic E-state index is 11.3. The number of hydrogen-bond donors (Lipinski definition) is 0. The van der Waals surface area contributed by atoms with Crippen molar-refractivity contribution in [2.75, 3.05) is 13.7 Å². The quantitative estimate of drug-likeness (QED) is 0.695. The molecule has 4 unspecified atom stereocenters. The summed E-state index contributed by atoms with van der Waals surface area (Å²) < 4.78 is 10.2. The van der Waals surface area contributed by atoms with Gasteiger partial charge in [-0.2, -0.15) is 11.8 Å². The largest absolute Gasteiger partial charge is 0.469 e. The summed E-state index contributed by atoms with van der Waals surface area (Å²) in [4.78, 5) is 11.3. The zero-order chi connectivity index (χ0) is 11.4. The molecule has 1 rings (SSSR count). The van der Waals surface area contributed by atoms with E-state index in [0.717, 1.165) is 13.0 Å². The third-order valence-corrected chi connectivity index (χ3v) is 4.78. The smallest absolute Gasteiger partial charge is 0.309 e. The van der Waals surface area contributed by atoms with E-state index in [-0.39, 0.29) is 17.1 Å². The number of ether oxygens (including phenoxy) is 2. The Hall–Kier alpha value is -0.220. The van der Waals surface area contributed by atoms with E-state index in [2.05, 4.69) is 13.8 Å². The van der Waals surface area contributed by atoms with E-state index in [1.165, 1.54) is 7.11 Å². The molecule has 0 aromatic rings. The SMILES string of the molecule is COC(=O)C(C)C(C)SC1CCOC1C. The molecule has 3 nitrogen and oxygen atoms in total. The van der Waals surface area contributed by atoms with Gasteiger partial charge in [0, 0.05) is 17.1 Å². The molecule has 0 radical (unpaired) electrons. The minimum absolute atomic E-state index is 0.0483. The summed E-state index contributed by atoms with van der Waals surface area (Å²) in [6.07, 6.45) is 1.40. The Morgan fingerprint density at radius 1 is 1.53 bits per heavy atom. The molecule has 0 amide bonds. The molecule has 1 saturated heterocycles. The van der Waals surface area contributed by atoms with Crippen LogP contribution in [-0.2, 0) is 14.3 Å². The molecule has 4 atom stereocenters. The summed E-state index contributed by atoms with van der Waals surface area (Å²) in [5, 5.41) is 0.804. The van der Waals surface area contributed by atoms with Crippen LogP contribution in [0.4, 0.5) is 0 Å². The third kappa shape index (κ3) is 3.38. The highest BCUT2D eigenvalue weighted by molar-refractivity contribution is 8.00. The first-order valence-electron chi connectivity index (χ1n) is 5.41. The van der Waals surface area contributed by atoms with Crippen LogP contribution in [0, 0.1) is 5.92 Å². The molecule has 0 bridgehead atoms. The molecular weight excluding hydrogens is 212 g/mol. The van der Waals surface area contributed by atoms with Crippen molar-refractivity contribution in [3.8, 4) is 0 Å². The Kier molecular flexibility index (Phi) is 4.93. The molecule has 15 heavy (non-hydrogen) atoms. The van der Waals surface area contributed by atoms with Gasteiger partial charge in [0.05, 0.1) is 19.1 Å². The Morgan fingerprint density at radius 2 is 2.20 bits per heavy atom. The van der Waals surface area contributed by atoms with Gasteiger partial charge in [-0.15, -0.1) is 0 Å². The normalized spacial score (nSPS) is 29.9. The van der Waals surface area contributed by atoms with Crippen LogP contribution in [0.15, 0.2) is 0 Å². The van der Waals surface area contributed by atoms with Crippen molar-refractivity contribution in [2.45, 2.75) is 43.8 Å². The number of methoxy groups -OCH3 is 1. The number of carbonyl (C=O) groups excluding carboxylic acids is 1. The van der Waals surface area contributed by atoms with E-state index in [0.29, 0.717) is 11.4 Å². The van der Waals surface area contributed by atoms with Crippen LogP contribution in [-0.4, -0.2) is 36.3 Å². The lowest BCUT2D eigenvalue weighted by Crippen LogP contribution is -2.26. The lowest BCUT2D eigenvalue weighted by Gasteiger charge is -2.22. The summed E-state index contributed by atoms with van der Waals surface area (Å²) in [5.41, 5.74) is 0. The summed E-state index contributed by atoms with van der Waals surface area (Å²) in [6.45, 7) is 6.94. The highest BCUT2D eigenvalue weighted by Gasteiger charge is 2.30. The summed E-state index contributed by atoms with van der Waals surface area (Å²) in [7, 11) is 1.44. The van der Waals surface area contributed by atoms with Crippen molar-refractivity contribution < 1.29 is 14.3 Å². The minimum atomic E-state index is -0.124. The number of esters is 1. The van der Waals surface area contributed by atoms with Crippen molar-refractivity contribution in [1.29, 1.82) is 0 Å². The molecule has 0 aromatic heterocycles. The molecule has 0 saturated carbocycles. The second-order valence-corrected chi connectivity index (χ2v) is 5.68. The van der Waals surface area contributed by atoms with E-state index in [4.69, 9.17) is 9.47 Å². The van der Waals surface area contributed by atoms with Crippen molar-refractivity contribution in [1.82, 2.24) is 0 Å². The van der Waals surface area contributed by atoms with Crippen molar-refractivity contribution in [3.05, 3.63) is 0 Å². The molecule has 1 fully saturated rings. The molecule has 1 aliphatic heterocycles. The number of rotatable bonds is 4. The molecular formula is C11H20O3S. The van der Waals surface area contributed by atoms with Gasteiger partial charge in [0.15, 0.2) is 0 Å². The summed E-state index contributed by atoms with van der Waals surface area (Å²) >= 11 is 1.84. The zero-order valence-corrected chi connectivity index (χ0v) is 10.7. The van der Waals surface area contributed by atoms with Crippen molar-refractivity contribution >= 4 is 17.7 Å². The van der Waals surface area contributed by atoms with Gasteiger partial charge in [-0.05, 0) is 13.3 Å². The first-order chi connectivity index (χ1) is 7.06. The maximum Gasteiger partial charge on any atom is 0.309 e. The number of thioether (sulfide) groups is 1. The van der Waals surface area contributed by atoms with Crippen LogP contribution in [0.2, 0.25) is 0 Å². The van der Waals surface area contributed by atoms with Crippen LogP contribution < -0.4 is 0 Å². The van der Waals surface area contributed by atoms with Gasteiger partial charge in [-0.3, -0.25) is 4.79 Å². The van der Waals surface area contributed by atoms with Crippen LogP contribution in [0.5, 0.6) is 0 Å². The highest BCUT2D eigenvalue weighted by Crippen LogP contribution is 2.32. The van der Waals surface area contributed by atoms with Gasteiger partial charge in [-0.25, -0.2) is 0 Å². The Bertz CT molecular complexity index is 220. The van der Waals surface area contributed by atoms with E-state index < -0.39 is 0 Å². The van der Waals surface area contributed by atoms with E-state index in [9.17, 15) is 4.79 Å². The number of carbonyl (C=O) groups is 1. The van der Waals surface area contributed by atoms with Gasteiger partial charge in [-0.1, -0.05) is 13.8 Å². The molecule has 1 heterocycles. The first kappa shape index (κ1) is 12.8. The van der Waals surface area contributed by atoms with Crippen LogP contribution in [0.25, 0.3) is 0 Å². The van der Waals surface area contributed by atoms with E-state index in [1.54, 1.807) is 0 Å². The van der Waals surface area contributed by atoms with Crippen molar-refractivity contribution in [2.24, 2.45) is 5.92 Å². The highest BCUT2D eigenvalue weighted by atomic mass is 32.2. The van der Waals surface area contributed by atoms with Gasteiger partial charge in [0.2, 0.25) is 0 Å². The molecule has 4 heteroatoms. The topological polar surface area (TPSA) is 35.5 Å². The fourth-order valence-electron chi connectivity index (χ4n) is 1.66. The molecule has 88 valence electrons. The average Bonchev–Trinajstić information content (AvgIpc) is 2.62. The molecule has 1 aliphatic rings. The second-order valence-electron chi connectivity index (χ2n) is 4.06. The lowest BCUT2D eigenvalue weighted by molar-refractivity contribution is -0.144. The molecule has 0 aromatic carbocycles. The third-order valence-electron chi connectivity index (χ3n) is 2.97. The summed E-state index contributed by atoms with van der Waals surface area (Å²) in [5.74, 6) is -0.172. The molecule has 0 aliphatic carbocycles. The van der Waals surface area contributed by atoms with Crippen molar-refractivity contribution in [3.63, 3.8) is 0 Å². The predicted octanol–water partition coefficient (Wildman–Crippen LogP) is 2.09.